The molecule has 0 bridgehead atoms. The number of amides is 1. The molecular weight excluding hydrogens is 254 g/mol. The van der Waals surface area contributed by atoms with Crippen LogP contribution in [0, 0.1) is 0 Å². The van der Waals surface area contributed by atoms with E-state index in [0.717, 1.165) is 24.9 Å². The number of hydrogen-bond donors (Lipinski definition) is 3. The number of hydrogen-bond acceptors (Lipinski definition) is 3. The van der Waals surface area contributed by atoms with E-state index in [2.05, 4.69) is 17.4 Å². The molecule has 0 fully saturated rings. The van der Waals surface area contributed by atoms with Crippen LogP contribution in [-0.4, -0.2) is 23.5 Å². The third kappa shape index (κ3) is 5.73. The van der Waals surface area contributed by atoms with Crippen LogP contribution in [0.4, 0.5) is 0 Å². The number of nitrogens with zero attached hydrogens (tertiary/aromatic N) is 1. The fourth-order valence-corrected chi connectivity index (χ4v) is 1.88. The molecule has 0 saturated carbocycles. The minimum absolute atomic E-state index is 0.0260. The number of amidine groups is 1. The summed E-state index contributed by atoms with van der Waals surface area (Å²) in [5.41, 5.74) is 7.02. The number of rotatable bonds is 8. The lowest BCUT2D eigenvalue weighted by Gasteiger charge is -2.06. The van der Waals surface area contributed by atoms with Crippen molar-refractivity contribution >= 4 is 11.7 Å². The van der Waals surface area contributed by atoms with Crippen molar-refractivity contribution in [3.8, 4) is 0 Å². The molecule has 5 heteroatoms. The van der Waals surface area contributed by atoms with Gasteiger partial charge in [0.1, 0.15) is 0 Å². The molecule has 1 aromatic rings. The average Bonchev–Trinajstić information content (AvgIpc) is 2.47. The summed E-state index contributed by atoms with van der Waals surface area (Å²) in [4.78, 5) is 11.7. The first-order valence-electron chi connectivity index (χ1n) is 7.01. The van der Waals surface area contributed by atoms with E-state index in [1.54, 1.807) is 12.1 Å². The predicted molar refractivity (Wildman–Crippen MR) is 79.8 cm³/mol. The van der Waals surface area contributed by atoms with Crippen molar-refractivity contribution in [1.82, 2.24) is 5.32 Å². The zero-order valence-corrected chi connectivity index (χ0v) is 11.9. The number of unbranched alkanes of at least 4 members (excludes halogenated alkanes) is 3. The Hall–Kier alpha value is -2.04. The van der Waals surface area contributed by atoms with E-state index in [1.165, 1.54) is 12.8 Å². The number of nitrogens with one attached hydrogen (secondary N) is 1. The summed E-state index contributed by atoms with van der Waals surface area (Å²) in [6.45, 7) is 2.90. The minimum Gasteiger partial charge on any atom is -0.409 e. The normalized spacial score (nSPS) is 11.3. The zero-order valence-electron chi connectivity index (χ0n) is 11.9. The molecule has 110 valence electrons. The van der Waals surface area contributed by atoms with Crippen LogP contribution in [0.3, 0.4) is 0 Å². The van der Waals surface area contributed by atoms with Gasteiger partial charge in [-0.25, -0.2) is 0 Å². The Morgan fingerprint density at radius 1 is 1.25 bits per heavy atom. The highest BCUT2D eigenvalue weighted by Gasteiger charge is 2.04. The lowest BCUT2D eigenvalue weighted by Crippen LogP contribution is -2.26. The van der Waals surface area contributed by atoms with E-state index >= 15 is 0 Å². The van der Waals surface area contributed by atoms with Crippen LogP contribution >= 0.6 is 0 Å². The van der Waals surface area contributed by atoms with Crippen LogP contribution in [0.5, 0.6) is 0 Å². The Morgan fingerprint density at radius 3 is 2.55 bits per heavy atom. The van der Waals surface area contributed by atoms with Crippen LogP contribution < -0.4 is 11.1 Å². The van der Waals surface area contributed by atoms with Crippen LogP contribution in [0.15, 0.2) is 29.4 Å². The second kappa shape index (κ2) is 8.96. The maximum absolute atomic E-state index is 11.7. The molecule has 0 aliphatic rings. The van der Waals surface area contributed by atoms with Crippen molar-refractivity contribution in [2.45, 2.75) is 39.0 Å². The summed E-state index contributed by atoms with van der Waals surface area (Å²) in [7, 11) is 0. The smallest absolute Gasteiger partial charge is 0.224 e. The summed E-state index contributed by atoms with van der Waals surface area (Å²) >= 11 is 0. The molecular formula is C15H23N3O2. The second-order valence-electron chi connectivity index (χ2n) is 4.77. The Bertz CT molecular complexity index is 441. The molecule has 0 aromatic heterocycles. The van der Waals surface area contributed by atoms with E-state index in [4.69, 9.17) is 10.9 Å². The summed E-state index contributed by atoms with van der Waals surface area (Å²) in [5, 5.41) is 14.4. The molecule has 1 aromatic carbocycles. The van der Waals surface area contributed by atoms with Crippen molar-refractivity contribution in [3.63, 3.8) is 0 Å². The van der Waals surface area contributed by atoms with Crippen molar-refractivity contribution in [2.24, 2.45) is 10.9 Å². The van der Waals surface area contributed by atoms with Gasteiger partial charge in [0.15, 0.2) is 5.84 Å². The highest BCUT2D eigenvalue weighted by Crippen LogP contribution is 2.05. The monoisotopic (exact) mass is 277 g/mol. The van der Waals surface area contributed by atoms with Gasteiger partial charge in [-0.2, -0.15) is 0 Å². The van der Waals surface area contributed by atoms with Crippen molar-refractivity contribution < 1.29 is 10.0 Å². The SMILES string of the molecule is CCCCCCNC(=O)Cc1ccc(C(N)=NO)cc1. The maximum Gasteiger partial charge on any atom is 0.224 e. The van der Waals surface area contributed by atoms with Gasteiger partial charge in [0, 0.05) is 12.1 Å². The predicted octanol–water partition coefficient (Wildman–Crippen LogP) is 2.02. The van der Waals surface area contributed by atoms with Gasteiger partial charge >= 0.3 is 0 Å². The maximum atomic E-state index is 11.7. The van der Waals surface area contributed by atoms with Crippen molar-refractivity contribution in [1.29, 1.82) is 0 Å². The molecule has 0 heterocycles. The van der Waals surface area contributed by atoms with Crippen LogP contribution in [0.2, 0.25) is 0 Å². The average molecular weight is 277 g/mol. The molecule has 1 amide bonds. The van der Waals surface area contributed by atoms with Gasteiger partial charge in [-0.1, -0.05) is 55.6 Å². The van der Waals surface area contributed by atoms with Gasteiger partial charge < -0.3 is 16.3 Å². The topological polar surface area (TPSA) is 87.7 Å². The third-order valence-electron chi connectivity index (χ3n) is 3.07. The quantitative estimate of drug-likeness (QED) is 0.223. The third-order valence-corrected chi connectivity index (χ3v) is 3.07. The summed E-state index contributed by atoms with van der Waals surface area (Å²) in [6, 6.07) is 7.09. The van der Waals surface area contributed by atoms with Crippen LogP contribution in [-0.2, 0) is 11.2 Å². The van der Waals surface area contributed by atoms with E-state index in [9.17, 15) is 4.79 Å². The Morgan fingerprint density at radius 2 is 1.95 bits per heavy atom. The fraction of sp³-hybridized carbons (Fsp3) is 0.467. The summed E-state index contributed by atoms with van der Waals surface area (Å²) in [6.07, 6.45) is 4.95. The molecule has 0 atom stereocenters. The van der Waals surface area contributed by atoms with Crippen molar-refractivity contribution in [2.75, 3.05) is 6.54 Å². The zero-order chi connectivity index (χ0) is 14.8. The molecule has 0 saturated heterocycles. The van der Waals surface area contributed by atoms with Gasteiger partial charge in [0.05, 0.1) is 6.42 Å². The van der Waals surface area contributed by atoms with Crippen LogP contribution in [0.1, 0.15) is 43.7 Å². The standard InChI is InChI=1S/C15H23N3O2/c1-2-3-4-5-10-17-14(19)11-12-6-8-13(9-7-12)15(16)18-20/h6-9,20H,2-5,10-11H2,1H3,(H2,16,18)(H,17,19). The van der Waals surface area contributed by atoms with E-state index in [1.807, 2.05) is 12.1 Å². The number of oxime groups is 1. The van der Waals surface area contributed by atoms with Crippen LogP contribution in [0.25, 0.3) is 0 Å². The fourth-order valence-electron chi connectivity index (χ4n) is 1.88. The lowest BCUT2D eigenvalue weighted by atomic mass is 10.1. The first-order chi connectivity index (χ1) is 9.67. The van der Waals surface area contributed by atoms with Gasteiger partial charge in [0.25, 0.3) is 0 Å². The summed E-state index contributed by atoms with van der Waals surface area (Å²) in [5.74, 6) is 0.0926. The largest absolute Gasteiger partial charge is 0.409 e. The van der Waals surface area contributed by atoms with Gasteiger partial charge in [-0.15, -0.1) is 0 Å². The van der Waals surface area contributed by atoms with Gasteiger partial charge in [-0.3, -0.25) is 4.79 Å². The molecule has 4 N–H and O–H groups in total. The molecule has 0 radical (unpaired) electrons. The van der Waals surface area contributed by atoms with E-state index < -0.39 is 0 Å². The molecule has 0 unspecified atom stereocenters. The first-order valence-corrected chi connectivity index (χ1v) is 7.01. The van der Waals surface area contributed by atoms with Gasteiger partial charge in [0.2, 0.25) is 5.91 Å². The Labute approximate surface area is 119 Å². The number of nitrogens with two attached hydrogens (primary N) is 1. The summed E-state index contributed by atoms with van der Waals surface area (Å²) < 4.78 is 0. The number of carbonyl (C=O) groups is 1. The molecule has 1 rings (SSSR count). The molecule has 20 heavy (non-hydrogen) atoms. The molecule has 0 aliphatic heterocycles. The first kappa shape index (κ1) is 16.0. The highest BCUT2D eigenvalue weighted by atomic mass is 16.4. The lowest BCUT2D eigenvalue weighted by molar-refractivity contribution is -0.120. The van der Waals surface area contributed by atoms with Crippen molar-refractivity contribution in [3.05, 3.63) is 35.4 Å². The minimum atomic E-state index is 0.0260. The Kier molecular flexibility index (Phi) is 7.17. The van der Waals surface area contributed by atoms with E-state index in [0.29, 0.717) is 12.0 Å². The number of benzene rings is 1. The molecule has 0 aliphatic carbocycles. The highest BCUT2D eigenvalue weighted by molar-refractivity contribution is 5.97. The number of carbonyl (C=O) groups excluding carboxylic acids is 1. The second-order valence-corrected chi connectivity index (χ2v) is 4.77. The van der Waals surface area contributed by atoms with Gasteiger partial charge in [-0.05, 0) is 12.0 Å². The Balaban J connectivity index is 2.35. The van der Waals surface area contributed by atoms with E-state index in [-0.39, 0.29) is 11.7 Å². The molecule has 0 spiro atoms. The molecule has 5 nitrogen and oxygen atoms in total.